The van der Waals surface area contributed by atoms with Crippen LogP contribution in [0.25, 0.3) is 0 Å². The molecule has 1 fully saturated rings. The highest BCUT2D eigenvalue weighted by Crippen LogP contribution is 2.29. The molecule has 2 aliphatic rings. The Morgan fingerprint density at radius 1 is 1.06 bits per heavy atom. The van der Waals surface area contributed by atoms with Gasteiger partial charge in [0.25, 0.3) is 11.8 Å². The number of carbonyl (C=O) groups is 4. The second kappa shape index (κ2) is 10.0. The van der Waals surface area contributed by atoms with Crippen LogP contribution in [0.4, 0.5) is 0 Å². The second-order valence-electron chi connectivity index (χ2n) is 8.35. The molecule has 2 heterocycles. The van der Waals surface area contributed by atoms with E-state index in [9.17, 15) is 24.4 Å². The molecule has 0 aromatic heterocycles. The van der Waals surface area contributed by atoms with Gasteiger partial charge in [-0.25, -0.2) is 5.48 Å². The third-order valence-corrected chi connectivity index (χ3v) is 5.84. The summed E-state index contributed by atoms with van der Waals surface area (Å²) < 4.78 is 5.31. The monoisotopic (exact) mass is 431 g/mol. The number of benzene rings is 1. The summed E-state index contributed by atoms with van der Waals surface area (Å²) in [5.74, 6) is -3.13. The third kappa shape index (κ3) is 4.94. The van der Waals surface area contributed by atoms with Gasteiger partial charge in [-0.15, -0.1) is 0 Å². The highest BCUT2D eigenvalue weighted by Gasteiger charge is 2.40. The minimum absolute atomic E-state index is 0.0184. The first kappa shape index (κ1) is 22.9. The van der Waals surface area contributed by atoms with Gasteiger partial charge in [0.2, 0.25) is 11.8 Å². The summed E-state index contributed by atoms with van der Waals surface area (Å²) in [6, 6.07) is 6.57. The first-order valence-corrected chi connectivity index (χ1v) is 10.6. The van der Waals surface area contributed by atoms with Gasteiger partial charge in [-0.05, 0) is 30.9 Å². The standard InChI is InChI=1S/C22H29N3O6/c1-14(2)13-18(20(27)24-9-11-31-12-10-24)15(19(26)23-30)7-8-25-21(28)16-5-3-4-6-17(16)22(25)29/h3-6,14-15,18,30H,7-13H2,1-2H3,(H,23,26)/t15-,18+/m0/s1. The molecule has 9 heteroatoms. The number of nitrogens with one attached hydrogen (secondary N) is 1. The van der Waals surface area contributed by atoms with Crippen LogP contribution in [0.15, 0.2) is 24.3 Å². The second-order valence-corrected chi connectivity index (χ2v) is 8.35. The number of hydroxylamine groups is 1. The van der Waals surface area contributed by atoms with Crippen molar-refractivity contribution >= 4 is 23.6 Å². The Morgan fingerprint density at radius 3 is 2.16 bits per heavy atom. The lowest BCUT2D eigenvalue weighted by molar-refractivity contribution is -0.148. The van der Waals surface area contributed by atoms with Crippen molar-refractivity contribution in [2.24, 2.45) is 17.8 Å². The van der Waals surface area contributed by atoms with E-state index < -0.39 is 29.6 Å². The summed E-state index contributed by atoms with van der Waals surface area (Å²) in [4.78, 5) is 53.9. The van der Waals surface area contributed by atoms with E-state index in [0.717, 1.165) is 4.90 Å². The molecular formula is C22H29N3O6. The first-order chi connectivity index (χ1) is 14.8. The lowest BCUT2D eigenvalue weighted by atomic mass is 9.81. The maximum Gasteiger partial charge on any atom is 0.261 e. The van der Waals surface area contributed by atoms with Crippen molar-refractivity contribution in [2.45, 2.75) is 26.7 Å². The third-order valence-electron chi connectivity index (χ3n) is 5.84. The van der Waals surface area contributed by atoms with Crippen molar-refractivity contribution in [3.63, 3.8) is 0 Å². The lowest BCUT2D eigenvalue weighted by Crippen LogP contribution is -2.48. The van der Waals surface area contributed by atoms with Crippen LogP contribution >= 0.6 is 0 Å². The molecule has 2 atom stereocenters. The summed E-state index contributed by atoms with van der Waals surface area (Å²) in [5.41, 5.74) is 2.33. The molecule has 0 unspecified atom stereocenters. The van der Waals surface area contributed by atoms with E-state index in [1.54, 1.807) is 34.6 Å². The minimum atomic E-state index is -0.882. The van der Waals surface area contributed by atoms with Crippen LogP contribution in [0.3, 0.4) is 0 Å². The van der Waals surface area contributed by atoms with Gasteiger partial charge in [-0.2, -0.15) is 0 Å². The van der Waals surface area contributed by atoms with Crippen molar-refractivity contribution in [1.29, 1.82) is 0 Å². The largest absolute Gasteiger partial charge is 0.378 e. The van der Waals surface area contributed by atoms with Gasteiger partial charge in [0.15, 0.2) is 0 Å². The quantitative estimate of drug-likeness (QED) is 0.364. The van der Waals surface area contributed by atoms with Crippen molar-refractivity contribution in [3.8, 4) is 0 Å². The fourth-order valence-electron chi connectivity index (χ4n) is 4.27. The molecule has 0 bridgehead atoms. The number of imide groups is 1. The van der Waals surface area contributed by atoms with E-state index >= 15 is 0 Å². The van der Waals surface area contributed by atoms with Crippen molar-refractivity contribution in [1.82, 2.24) is 15.3 Å². The molecule has 3 rings (SSSR count). The van der Waals surface area contributed by atoms with E-state index in [-0.39, 0.29) is 24.8 Å². The molecule has 2 N–H and O–H groups in total. The highest BCUT2D eigenvalue weighted by molar-refractivity contribution is 6.21. The minimum Gasteiger partial charge on any atom is -0.378 e. The summed E-state index contributed by atoms with van der Waals surface area (Å²) in [5, 5.41) is 9.33. The van der Waals surface area contributed by atoms with Gasteiger partial charge >= 0.3 is 0 Å². The van der Waals surface area contributed by atoms with Gasteiger partial charge in [0, 0.05) is 19.6 Å². The van der Waals surface area contributed by atoms with Gasteiger partial charge in [-0.1, -0.05) is 26.0 Å². The number of carbonyl (C=O) groups excluding carboxylic acids is 4. The Bertz CT molecular complexity index is 814. The van der Waals surface area contributed by atoms with Crippen LogP contribution in [0.5, 0.6) is 0 Å². The number of amides is 4. The van der Waals surface area contributed by atoms with Gasteiger partial charge in [0.1, 0.15) is 0 Å². The number of nitrogens with zero attached hydrogens (tertiary/aromatic N) is 2. The van der Waals surface area contributed by atoms with E-state index in [2.05, 4.69) is 0 Å². The van der Waals surface area contributed by atoms with Crippen LogP contribution in [0.1, 0.15) is 47.4 Å². The summed E-state index contributed by atoms with van der Waals surface area (Å²) in [6.07, 6.45) is 0.516. The molecule has 1 aromatic rings. The number of rotatable bonds is 8. The number of hydrogen-bond donors (Lipinski definition) is 2. The van der Waals surface area contributed by atoms with E-state index in [1.807, 2.05) is 13.8 Å². The maximum atomic E-state index is 13.3. The average molecular weight is 431 g/mol. The molecular weight excluding hydrogens is 402 g/mol. The fourth-order valence-corrected chi connectivity index (χ4v) is 4.27. The Morgan fingerprint density at radius 2 is 1.65 bits per heavy atom. The Hall–Kier alpha value is -2.78. The molecule has 1 aromatic carbocycles. The molecule has 4 amide bonds. The number of hydrogen-bond acceptors (Lipinski definition) is 6. The molecule has 168 valence electrons. The highest BCUT2D eigenvalue weighted by atomic mass is 16.5. The van der Waals surface area contributed by atoms with Crippen molar-refractivity contribution in [2.75, 3.05) is 32.8 Å². The number of morpholine rings is 1. The SMILES string of the molecule is CC(C)C[C@@H](C(=O)N1CCOCC1)[C@H](CCN1C(=O)c2ccccc2C1=O)C(=O)NO. The molecule has 0 radical (unpaired) electrons. The Labute approximate surface area is 181 Å². The molecule has 0 saturated carbocycles. The van der Waals surface area contributed by atoms with Gasteiger partial charge in [-0.3, -0.25) is 29.3 Å². The molecule has 31 heavy (non-hydrogen) atoms. The summed E-state index contributed by atoms with van der Waals surface area (Å²) in [7, 11) is 0. The zero-order valence-corrected chi connectivity index (χ0v) is 17.9. The van der Waals surface area contributed by atoms with E-state index in [4.69, 9.17) is 4.74 Å². The predicted octanol–water partition coefficient (Wildman–Crippen LogP) is 1.32. The van der Waals surface area contributed by atoms with Crippen LogP contribution in [0.2, 0.25) is 0 Å². The zero-order valence-electron chi connectivity index (χ0n) is 17.9. The zero-order chi connectivity index (χ0) is 22.5. The topological polar surface area (TPSA) is 116 Å². The normalized spacial score (nSPS) is 18.2. The summed E-state index contributed by atoms with van der Waals surface area (Å²) in [6.45, 7) is 5.65. The Kier molecular flexibility index (Phi) is 7.40. The van der Waals surface area contributed by atoms with Crippen LogP contribution < -0.4 is 5.48 Å². The van der Waals surface area contributed by atoms with Gasteiger partial charge < -0.3 is 9.64 Å². The number of fused-ring (bicyclic) bond motifs is 1. The summed E-state index contributed by atoms with van der Waals surface area (Å²) >= 11 is 0. The van der Waals surface area contributed by atoms with Crippen LogP contribution in [-0.4, -0.2) is 71.5 Å². The van der Waals surface area contributed by atoms with Crippen LogP contribution in [-0.2, 0) is 14.3 Å². The molecule has 9 nitrogen and oxygen atoms in total. The molecule has 2 aliphatic heterocycles. The first-order valence-electron chi connectivity index (χ1n) is 10.6. The van der Waals surface area contributed by atoms with E-state index in [0.29, 0.717) is 43.9 Å². The molecule has 0 aliphatic carbocycles. The lowest BCUT2D eigenvalue weighted by Gasteiger charge is -2.34. The van der Waals surface area contributed by atoms with E-state index in [1.165, 1.54) is 0 Å². The van der Waals surface area contributed by atoms with Crippen LogP contribution in [0, 0.1) is 17.8 Å². The number of ether oxygens (including phenoxy) is 1. The average Bonchev–Trinajstić information content (AvgIpc) is 3.03. The molecule has 0 spiro atoms. The molecule has 1 saturated heterocycles. The van der Waals surface area contributed by atoms with Gasteiger partial charge in [0.05, 0.1) is 36.2 Å². The smallest absolute Gasteiger partial charge is 0.261 e. The fraction of sp³-hybridized carbons (Fsp3) is 0.545. The maximum absolute atomic E-state index is 13.3. The Balaban J connectivity index is 1.79. The predicted molar refractivity (Wildman–Crippen MR) is 110 cm³/mol. The van der Waals surface area contributed by atoms with Crippen molar-refractivity contribution < 1.29 is 29.1 Å². The van der Waals surface area contributed by atoms with Crippen molar-refractivity contribution in [3.05, 3.63) is 35.4 Å².